The minimum atomic E-state index is -0.697. The number of carbonyl (C=O) groups excluding carboxylic acids is 2. The van der Waals surface area contributed by atoms with Crippen LogP contribution in [-0.2, 0) is 4.79 Å². The highest BCUT2D eigenvalue weighted by Gasteiger charge is 2.38. The molecule has 2 amide bonds. The van der Waals surface area contributed by atoms with Crippen molar-refractivity contribution < 1.29 is 9.59 Å². The standard InChI is InChI=1S/C18H24N4O2/c1-20-17(24)14-8-4-5-9-15(14)21-12-16(23)22(2)18(13-19)10-6-3-7-11-18/h4-5,8-9,21H,3,6-7,10-12H2,1-2H3,(H,20,24). The number of carbonyl (C=O) groups is 2. The Morgan fingerprint density at radius 1 is 1.25 bits per heavy atom. The van der Waals surface area contributed by atoms with Crippen LogP contribution in [0.1, 0.15) is 42.5 Å². The van der Waals surface area contributed by atoms with Crippen molar-refractivity contribution in [1.82, 2.24) is 10.2 Å². The first kappa shape index (κ1) is 17.8. The lowest BCUT2D eigenvalue weighted by atomic mass is 9.81. The maximum absolute atomic E-state index is 12.5. The van der Waals surface area contributed by atoms with E-state index in [9.17, 15) is 14.9 Å². The Labute approximate surface area is 142 Å². The van der Waals surface area contributed by atoms with Gasteiger partial charge in [0.05, 0.1) is 18.2 Å². The van der Waals surface area contributed by atoms with Gasteiger partial charge >= 0.3 is 0 Å². The van der Waals surface area contributed by atoms with Crippen molar-refractivity contribution in [3.8, 4) is 6.07 Å². The van der Waals surface area contributed by atoms with Crippen molar-refractivity contribution in [2.45, 2.75) is 37.6 Å². The molecular formula is C18H24N4O2. The Bertz CT molecular complexity index is 645. The molecule has 1 fully saturated rings. The summed E-state index contributed by atoms with van der Waals surface area (Å²) in [7, 11) is 3.26. The number of para-hydroxylation sites is 1. The van der Waals surface area contributed by atoms with Crippen molar-refractivity contribution in [2.75, 3.05) is 26.0 Å². The number of nitrogens with one attached hydrogen (secondary N) is 2. The van der Waals surface area contributed by atoms with Crippen LogP contribution in [0, 0.1) is 11.3 Å². The molecule has 24 heavy (non-hydrogen) atoms. The van der Waals surface area contributed by atoms with E-state index in [-0.39, 0.29) is 18.4 Å². The summed E-state index contributed by atoms with van der Waals surface area (Å²) in [6.45, 7) is 0.0495. The molecular weight excluding hydrogens is 304 g/mol. The van der Waals surface area contributed by atoms with Gasteiger partial charge in [0, 0.05) is 19.8 Å². The van der Waals surface area contributed by atoms with E-state index in [4.69, 9.17) is 0 Å². The molecule has 0 bridgehead atoms. The first-order valence-corrected chi connectivity index (χ1v) is 8.27. The maximum Gasteiger partial charge on any atom is 0.253 e. The van der Waals surface area contributed by atoms with Crippen LogP contribution in [0.25, 0.3) is 0 Å². The lowest BCUT2D eigenvalue weighted by Crippen LogP contribution is -2.51. The van der Waals surface area contributed by atoms with Gasteiger partial charge in [-0.3, -0.25) is 9.59 Å². The molecule has 0 unspecified atom stereocenters. The molecule has 2 N–H and O–H groups in total. The molecule has 1 aliphatic rings. The van der Waals surface area contributed by atoms with Crippen molar-refractivity contribution in [2.24, 2.45) is 0 Å². The largest absolute Gasteiger partial charge is 0.376 e. The number of nitriles is 1. The highest BCUT2D eigenvalue weighted by atomic mass is 16.2. The second-order valence-corrected chi connectivity index (χ2v) is 6.14. The molecule has 0 radical (unpaired) electrons. The Balaban J connectivity index is 2.06. The van der Waals surface area contributed by atoms with E-state index in [0.29, 0.717) is 11.3 Å². The van der Waals surface area contributed by atoms with Gasteiger partial charge in [0.15, 0.2) is 0 Å². The summed E-state index contributed by atoms with van der Waals surface area (Å²) >= 11 is 0. The van der Waals surface area contributed by atoms with Gasteiger partial charge in [-0.25, -0.2) is 0 Å². The second-order valence-electron chi connectivity index (χ2n) is 6.14. The van der Waals surface area contributed by atoms with Gasteiger partial charge in [-0.15, -0.1) is 0 Å². The van der Waals surface area contributed by atoms with Gasteiger partial charge in [0.25, 0.3) is 5.91 Å². The SMILES string of the molecule is CNC(=O)c1ccccc1NCC(=O)N(C)C1(C#N)CCCCC1. The van der Waals surface area contributed by atoms with Gasteiger partial charge in [-0.05, 0) is 25.0 Å². The van der Waals surface area contributed by atoms with Crippen molar-refractivity contribution in [1.29, 1.82) is 5.26 Å². The number of benzene rings is 1. The summed E-state index contributed by atoms with van der Waals surface area (Å²) in [4.78, 5) is 26.0. The lowest BCUT2D eigenvalue weighted by Gasteiger charge is -2.39. The summed E-state index contributed by atoms with van der Waals surface area (Å²) in [5, 5.41) is 15.2. The van der Waals surface area contributed by atoms with E-state index in [1.165, 1.54) is 0 Å². The van der Waals surface area contributed by atoms with Crippen LogP contribution in [0.2, 0.25) is 0 Å². The van der Waals surface area contributed by atoms with Crippen LogP contribution in [0.15, 0.2) is 24.3 Å². The average Bonchev–Trinajstić information content (AvgIpc) is 2.65. The minimum absolute atomic E-state index is 0.0495. The quantitative estimate of drug-likeness (QED) is 0.867. The third-order valence-corrected chi connectivity index (χ3v) is 4.73. The fourth-order valence-corrected chi connectivity index (χ4v) is 3.16. The van der Waals surface area contributed by atoms with Crippen molar-refractivity contribution in [3.05, 3.63) is 29.8 Å². The van der Waals surface area contributed by atoms with E-state index in [0.717, 1.165) is 32.1 Å². The number of nitrogens with zero attached hydrogens (tertiary/aromatic N) is 2. The molecule has 128 valence electrons. The number of amides is 2. The number of rotatable bonds is 5. The maximum atomic E-state index is 12.5. The Morgan fingerprint density at radius 2 is 1.92 bits per heavy atom. The average molecular weight is 328 g/mol. The lowest BCUT2D eigenvalue weighted by molar-refractivity contribution is -0.132. The normalized spacial score (nSPS) is 15.9. The monoisotopic (exact) mass is 328 g/mol. The fraction of sp³-hybridized carbons (Fsp3) is 0.500. The molecule has 1 aromatic carbocycles. The molecule has 6 heteroatoms. The highest BCUT2D eigenvalue weighted by molar-refractivity contribution is 5.99. The number of likely N-dealkylation sites (N-methyl/N-ethyl adjacent to an activating group) is 1. The first-order chi connectivity index (χ1) is 11.5. The summed E-state index contributed by atoms with van der Waals surface area (Å²) in [6.07, 6.45) is 4.50. The smallest absolute Gasteiger partial charge is 0.253 e. The molecule has 0 aliphatic heterocycles. The van der Waals surface area contributed by atoms with Crippen LogP contribution < -0.4 is 10.6 Å². The second kappa shape index (κ2) is 7.82. The fourth-order valence-electron chi connectivity index (χ4n) is 3.16. The van der Waals surface area contributed by atoms with E-state index in [1.807, 2.05) is 0 Å². The van der Waals surface area contributed by atoms with E-state index in [2.05, 4.69) is 16.7 Å². The van der Waals surface area contributed by atoms with Crippen LogP contribution in [0.3, 0.4) is 0 Å². The van der Waals surface area contributed by atoms with Crippen LogP contribution in [0.4, 0.5) is 5.69 Å². The molecule has 0 aromatic heterocycles. The predicted molar refractivity (Wildman–Crippen MR) is 92.5 cm³/mol. The van der Waals surface area contributed by atoms with E-state index < -0.39 is 5.54 Å². The van der Waals surface area contributed by atoms with Gasteiger partial charge in [-0.1, -0.05) is 31.4 Å². The molecule has 1 aliphatic carbocycles. The molecule has 1 saturated carbocycles. The number of anilines is 1. The third kappa shape index (κ3) is 3.67. The Kier molecular flexibility index (Phi) is 5.80. The summed E-state index contributed by atoms with van der Waals surface area (Å²) in [5.41, 5.74) is 0.397. The highest BCUT2D eigenvalue weighted by Crippen LogP contribution is 2.32. The summed E-state index contributed by atoms with van der Waals surface area (Å²) in [5.74, 6) is -0.357. The van der Waals surface area contributed by atoms with Gasteiger partial charge in [0.1, 0.15) is 5.54 Å². The first-order valence-electron chi connectivity index (χ1n) is 8.27. The molecule has 0 heterocycles. The Morgan fingerprint density at radius 3 is 2.54 bits per heavy atom. The molecule has 0 atom stereocenters. The number of hydrogen-bond acceptors (Lipinski definition) is 4. The zero-order valence-electron chi connectivity index (χ0n) is 14.3. The van der Waals surface area contributed by atoms with Crippen molar-refractivity contribution >= 4 is 17.5 Å². The summed E-state index contributed by atoms with van der Waals surface area (Å²) in [6, 6.07) is 9.39. The Hall–Kier alpha value is -2.55. The topological polar surface area (TPSA) is 85.2 Å². The molecule has 2 rings (SSSR count). The van der Waals surface area contributed by atoms with E-state index in [1.54, 1.807) is 43.3 Å². The molecule has 6 nitrogen and oxygen atoms in total. The van der Waals surface area contributed by atoms with Gasteiger partial charge in [-0.2, -0.15) is 5.26 Å². The zero-order chi connectivity index (χ0) is 17.6. The molecule has 1 aromatic rings. The minimum Gasteiger partial charge on any atom is -0.376 e. The molecule has 0 saturated heterocycles. The van der Waals surface area contributed by atoms with E-state index >= 15 is 0 Å². The van der Waals surface area contributed by atoms with Crippen LogP contribution in [0.5, 0.6) is 0 Å². The van der Waals surface area contributed by atoms with Gasteiger partial charge in [0.2, 0.25) is 5.91 Å². The predicted octanol–water partition coefficient (Wildman–Crippen LogP) is 2.14. The van der Waals surface area contributed by atoms with Crippen molar-refractivity contribution in [3.63, 3.8) is 0 Å². The summed E-state index contributed by atoms with van der Waals surface area (Å²) < 4.78 is 0. The molecule has 0 spiro atoms. The third-order valence-electron chi connectivity index (χ3n) is 4.73. The van der Waals surface area contributed by atoms with Crippen LogP contribution in [-0.4, -0.2) is 42.9 Å². The number of hydrogen-bond donors (Lipinski definition) is 2. The van der Waals surface area contributed by atoms with Gasteiger partial charge < -0.3 is 15.5 Å². The van der Waals surface area contributed by atoms with Crippen LogP contribution >= 0.6 is 0 Å². The zero-order valence-corrected chi connectivity index (χ0v) is 14.3.